The molecule has 0 aliphatic heterocycles. The second-order valence-corrected chi connectivity index (χ2v) is 7.51. The molecule has 0 radical (unpaired) electrons. The summed E-state index contributed by atoms with van der Waals surface area (Å²) < 4.78 is 0. The molecule has 5 heteroatoms. The van der Waals surface area contributed by atoms with Crippen LogP contribution in [0.1, 0.15) is 56.9 Å². The van der Waals surface area contributed by atoms with E-state index in [1.165, 1.54) is 6.42 Å². The lowest BCUT2D eigenvalue weighted by Gasteiger charge is -2.21. The highest BCUT2D eigenvalue weighted by molar-refractivity contribution is 5.92. The van der Waals surface area contributed by atoms with Gasteiger partial charge in [-0.05, 0) is 49.8 Å². The van der Waals surface area contributed by atoms with E-state index in [9.17, 15) is 9.59 Å². The van der Waals surface area contributed by atoms with Gasteiger partial charge in [0.15, 0.2) is 0 Å². The van der Waals surface area contributed by atoms with Crippen molar-refractivity contribution in [2.45, 2.75) is 64.0 Å². The lowest BCUT2D eigenvalue weighted by Crippen LogP contribution is -2.30. The molecule has 2 amide bonds. The second-order valence-electron chi connectivity index (χ2n) is 7.51. The Bertz CT molecular complexity index is 611. The molecule has 3 rings (SSSR count). The predicted octanol–water partition coefficient (Wildman–Crippen LogP) is 2.95. The summed E-state index contributed by atoms with van der Waals surface area (Å²) >= 11 is 0. The number of carbonyl (C=O) groups is 2. The van der Waals surface area contributed by atoms with E-state index in [0.29, 0.717) is 6.54 Å². The van der Waals surface area contributed by atoms with E-state index in [0.717, 1.165) is 56.2 Å². The molecule has 4 N–H and O–H groups in total. The highest BCUT2D eigenvalue weighted by atomic mass is 16.2. The molecular formula is C20H29N3O2. The summed E-state index contributed by atoms with van der Waals surface area (Å²) in [5, 5.41) is 6.03. The van der Waals surface area contributed by atoms with Crippen molar-refractivity contribution in [3.05, 3.63) is 29.8 Å². The number of anilines is 1. The molecule has 1 aromatic rings. The van der Waals surface area contributed by atoms with Crippen molar-refractivity contribution in [3.63, 3.8) is 0 Å². The summed E-state index contributed by atoms with van der Waals surface area (Å²) in [6.45, 7) is 0.484. The first kappa shape index (κ1) is 17.9. The average molecular weight is 343 g/mol. The zero-order valence-electron chi connectivity index (χ0n) is 14.8. The Labute approximate surface area is 149 Å². The Morgan fingerprint density at radius 2 is 1.80 bits per heavy atom. The number of amides is 2. The highest BCUT2D eigenvalue weighted by Crippen LogP contribution is 2.26. The number of hydrogen-bond acceptors (Lipinski definition) is 3. The van der Waals surface area contributed by atoms with Gasteiger partial charge in [-0.3, -0.25) is 9.59 Å². The Morgan fingerprint density at radius 1 is 1.00 bits per heavy atom. The number of hydrogen-bond donors (Lipinski definition) is 3. The number of rotatable bonds is 5. The number of nitrogens with one attached hydrogen (secondary N) is 2. The van der Waals surface area contributed by atoms with Gasteiger partial charge in [-0.25, -0.2) is 0 Å². The van der Waals surface area contributed by atoms with Crippen molar-refractivity contribution in [2.24, 2.45) is 17.6 Å². The van der Waals surface area contributed by atoms with Crippen LogP contribution in [0.5, 0.6) is 0 Å². The minimum absolute atomic E-state index is 0.0455. The first-order chi connectivity index (χ1) is 12.1. The third-order valence-electron chi connectivity index (χ3n) is 5.48. The molecule has 0 heterocycles. The predicted molar refractivity (Wildman–Crippen MR) is 98.8 cm³/mol. The summed E-state index contributed by atoms with van der Waals surface area (Å²) in [7, 11) is 0. The number of nitrogens with two attached hydrogens (primary N) is 1. The molecule has 0 saturated heterocycles. The molecular weight excluding hydrogens is 314 g/mol. The molecule has 0 aromatic heterocycles. The minimum Gasteiger partial charge on any atom is -0.352 e. The lowest BCUT2D eigenvalue weighted by atomic mass is 9.88. The van der Waals surface area contributed by atoms with Crippen LogP contribution in [0.3, 0.4) is 0 Å². The molecule has 25 heavy (non-hydrogen) atoms. The van der Waals surface area contributed by atoms with Gasteiger partial charge in [0, 0.05) is 30.1 Å². The summed E-state index contributed by atoms with van der Waals surface area (Å²) in [4.78, 5) is 24.6. The average Bonchev–Trinajstić information content (AvgIpc) is 3.07. The van der Waals surface area contributed by atoms with E-state index < -0.39 is 0 Å². The highest BCUT2D eigenvalue weighted by Gasteiger charge is 2.27. The van der Waals surface area contributed by atoms with Gasteiger partial charge >= 0.3 is 0 Å². The van der Waals surface area contributed by atoms with E-state index in [-0.39, 0.29) is 29.7 Å². The first-order valence-electron chi connectivity index (χ1n) is 9.55. The molecule has 2 aliphatic rings. The van der Waals surface area contributed by atoms with Gasteiger partial charge in [-0.2, -0.15) is 0 Å². The SMILES string of the molecule is NC1CCC(C(=O)NCc2cccc(NC(=O)C3CCCCC3)c2)C1. The van der Waals surface area contributed by atoms with E-state index in [1.54, 1.807) is 0 Å². The third-order valence-corrected chi connectivity index (χ3v) is 5.48. The molecule has 0 spiro atoms. The van der Waals surface area contributed by atoms with Crippen LogP contribution >= 0.6 is 0 Å². The second kappa shape index (κ2) is 8.48. The fourth-order valence-corrected chi connectivity index (χ4v) is 3.96. The summed E-state index contributed by atoms with van der Waals surface area (Å²) in [6, 6.07) is 7.90. The van der Waals surface area contributed by atoms with Gasteiger partial charge in [0.1, 0.15) is 0 Å². The molecule has 5 nitrogen and oxygen atoms in total. The Morgan fingerprint density at radius 3 is 2.52 bits per heavy atom. The van der Waals surface area contributed by atoms with Crippen LogP contribution in [-0.2, 0) is 16.1 Å². The maximum absolute atomic E-state index is 12.4. The zero-order chi connectivity index (χ0) is 17.6. The minimum atomic E-state index is 0.0455. The van der Waals surface area contributed by atoms with Gasteiger partial charge < -0.3 is 16.4 Å². The van der Waals surface area contributed by atoms with Crippen molar-refractivity contribution in [1.82, 2.24) is 5.32 Å². The van der Waals surface area contributed by atoms with Gasteiger partial charge in [0.25, 0.3) is 0 Å². The molecule has 0 bridgehead atoms. The molecule has 2 saturated carbocycles. The third kappa shape index (κ3) is 5.05. The molecule has 2 atom stereocenters. The van der Waals surface area contributed by atoms with Crippen molar-refractivity contribution >= 4 is 17.5 Å². The standard InChI is InChI=1S/C20H29N3O2/c21-17-10-9-16(12-17)19(24)22-13-14-5-4-8-18(11-14)23-20(25)15-6-2-1-3-7-15/h4-5,8,11,15-17H,1-3,6-7,9-10,12-13,21H2,(H,22,24)(H,23,25). The topological polar surface area (TPSA) is 84.2 Å². The van der Waals surface area contributed by atoms with E-state index in [4.69, 9.17) is 5.73 Å². The lowest BCUT2D eigenvalue weighted by molar-refractivity contribution is -0.125. The van der Waals surface area contributed by atoms with Crippen LogP contribution in [0.15, 0.2) is 24.3 Å². The van der Waals surface area contributed by atoms with Crippen molar-refractivity contribution in [3.8, 4) is 0 Å². The zero-order valence-corrected chi connectivity index (χ0v) is 14.8. The fourth-order valence-electron chi connectivity index (χ4n) is 3.96. The van der Waals surface area contributed by atoms with Gasteiger partial charge in [-0.1, -0.05) is 31.4 Å². The van der Waals surface area contributed by atoms with Crippen LogP contribution in [0, 0.1) is 11.8 Å². The van der Waals surface area contributed by atoms with Gasteiger partial charge in [0.2, 0.25) is 11.8 Å². The smallest absolute Gasteiger partial charge is 0.227 e. The van der Waals surface area contributed by atoms with Gasteiger partial charge in [-0.15, -0.1) is 0 Å². The Hall–Kier alpha value is -1.88. The van der Waals surface area contributed by atoms with Crippen LogP contribution in [0.2, 0.25) is 0 Å². The molecule has 136 valence electrons. The summed E-state index contributed by atoms with van der Waals surface area (Å²) in [5.41, 5.74) is 7.69. The van der Waals surface area contributed by atoms with Crippen LogP contribution in [0.25, 0.3) is 0 Å². The molecule has 1 aromatic carbocycles. The largest absolute Gasteiger partial charge is 0.352 e. The maximum atomic E-state index is 12.4. The summed E-state index contributed by atoms with van der Waals surface area (Å²) in [6.07, 6.45) is 8.11. The van der Waals surface area contributed by atoms with Crippen LogP contribution < -0.4 is 16.4 Å². The van der Waals surface area contributed by atoms with Gasteiger partial charge in [0.05, 0.1) is 0 Å². The number of benzene rings is 1. The Balaban J connectivity index is 1.50. The monoisotopic (exact) mass is 343 g/mol. The maximum Gasteiger partial charge on any atom is 0.227 e. The van der Waals surface area contributed by atoms with Crippen molar-refractivity contribution in [1.29, 1.82) is 0 Å². The van der Waals surface area contributed by atoms with Crippen molar-refractivity contribution < 1.29 is 9.59 Å². The van der Waals surface area contributed by atoms with E-state index in [2.05, 4.69) is 10.6 Å². The summed E-state index contributed by atoms with van der Waals surface area (Å²) in [5.74, 6) is 0.401. The van der Waals surface area contributed by atoms with E-state index >= 15 is 0 Å². The molecule has 2 fully saturated rings. The van der Waals surface area contributed by atoms with Crippen molar-refractivity contribution in [2.75, 3.05) is 5.32 Å². The fraction of sp³-hybridized carbons (Fsp3) is 0.600. The van der Waals surface area contributed by atoms with E-state index in [1.807, 2.05) is 24.3 Å². The first-order valence-corrected chi connectivity index (χ1v) is 9.55. The van der Waals surface area contributed by atoms with Crippen LogP contribution in [0.4, 0.5) is 5.69 Å². The molecule has 2 unspecified atom stereocenters. The normalized spacial score (nSPS) is 24.0. The quantitative estimate of drug-likeness (QED) is 0.768. The number of carbonyl (C=O) groups excluding carboxylic acids is 2. The Kier molecular flexibility index (Phi) is 6.08. The van der Waals surface area contributed by atoms with Crippen LogP contribution in [-0.4, -0.2) is 17.9 Å². The molecule has 2 aliphatic carbocycles.